The van der Waals surface area contributed by atoms with Crippen LogP contribution in [0.3, 0.4) is 0 Å². The number of benzene rings is 3. The van der Waals surface area contributed by atoms with Crippen molar-refractivity contribution in [2.24, 2.45) is 5.73 Å². The molecule has 0 saturated heterocycles. The lowest BCUT2D eigenvalue weighted by Crippen LogP contribution is -2.18. The first-order valence-corrected chi connectivity index (χ1v) is 12.3. The van der Waals surface area contributed by atoms with Crippen molar-refractivity contribution in [1.82, 2.24) is 0 Å². The zero-order valence-corrected chi connectivity index (χ0v) is 20.9. The summed E-state index contributed by atoms with van der Waals surface area (Å²) in [5.41, 5.74) is 11.8. The molecule has 0 radical (unpaired) electrons. The molecule has 0 aliphatic heterocycles. The molecule has 3 rings (SSSR count). The smallest absolute Gasteiger partial charge is 0.262 e. The van der Waals surface area contributed by atoms with Gasteiger partial charge in [-0.3, -0.25) is 14.9 Å². The minimum absolute atomic E-state index is 0.0305. The van der Waals surface area contributed by atoms with Gasteiger partial charge >= 0.3 is 0 Å². The number of nitrogen functional groups attached to an aromatic ring is 1. The molecule has 34 heavy (non-hydrogen) atoms. The van der Waals surface area contributed by atoms with E-state index < -0.39 is 10.0 Å². The lowest BCUT2D eigenvalue weighted by molar-refractivity contribution is -0.115. The predicted octanol–water partition coefficient (Wildman–Crippen LogP) is 4.49. The highest BCUT2D eigenvalue weighted by atomic mass is 32.2. The van der Waals surface area contributed by atoms with Crippen LogP contribution in [0.15, 0.2) is 53.4 Å². The molecule has 0 heterocycles. The first kappa shape index (κ1) is 25.0. The fourth-order valence-corrected chi connectivity index (χ4v) is 5.46. The molecule has 0 aromatic heterocycles. The number of carbonyl (C=O) groups excluding carboxylic acids is 1. The zero-order valence-electron chi connectivity index (χ0n) is 20.0. The molecule has 7 nitrogen and oxygen atoms in total. The molecule has 0 aliphatic carbocycles. The number of anilines is 2. The van der Waals surface area contributed by atoms with E-state index in [-0.39, 0.29) is 23.1 Å². The van der Waals surface area contributed by atoms with Crippen LogP contribution in [-0.2, 0) is 21.2 Å². The maximum absolute atomic E-state index is 13.3. The quantitative estimate of drug-likeness (QED) is 0.295. The molecular weight excluding hydrogens is 448 g/mol. The summed E-state index contributed by atoms with van der Waals surface area (Å²) in [7, 11) is -3.83. The minimum atomic E-state index is -3.83. The number of nitrogens with one attached hydrogen (secondary N) is 3. The molecule has 0 bridgehead atoms. The second-order valence-corrected chi connectivity index (χ2v) is 10.2. The number of amides is 1. The Morgan fingerprint density at radius 3 is 2.03 bits per heavy atom. The summed E-state index contributed by atoms with van der Waals surface area (Å²) < 4.78 is 29.2. The van der Waals surface area contributed by atoms with E-state index in [0.717, 1.165) is 22.3 Å². The number of aryl methyl sites for hydroxylation is 3. The number of amidine groups is 1. The highest BCUT2D eigenvalue weighted by Gasteiger charge is 2.22. The Morgan fingerprint density at radius 1 is 0.882 bits per heavy atom. The highest BCUT2D eigenvalue weighted by Crippen LogP contribution is 2.29. The van der Waals surface area contributed by atoms with Gasteiger partial charge < -0.3 is 11.1 Å². The van der Waals surface area contributed by atoms with E-state index in [1.165, 1.54) is 0 Å². The summed E-state index contributed by atoms with van der Waals surface area (Å²) in [5.74, 6) is -0.267. The van der Waals surface area contributed by atoms with E-state index in [2.05, 4.69) is 10.0 Å². The van der Waals surface area contributed by atoms with Crippen LogP contribution in [0.25, 0.3) is 0 Å². The van der Waals surface area contributed by atoms with Crippen LogP contribution in [-0.4, -0.2) is 20.2 Å². The van der Waals surface area contributed by atoms with Gasteiger partial charge in [0.15, 0.2) is 0 Å². The Bertz CT molecular complexity index is 1350. The fraction of sp³-hybridized carbons (Fsp3) is 0.231. The van der Waals surface area contributed by atoms with Gasteiger partial charge in [-0.2, -0.15) is 0 Å². The van der Waals surface area contributed by atoms with Gasteiger partial charge in [-0.25, -0.2) is 8.42 Å². The SMILES string of the molecule is Cc1ccc(NS(=O)(=O)c2c(C)c(C)cc(C)c2C)cc1NC(=O)Cc1ccc(C(=N)N)cc1. The van der Waals surface area contributed by atoms with Crippen molar-refractivity contribution in [2.75, 3.05) is 10.0 Å². The fourth-order valence-electron chi connectivity index (χ4n) is 3.79. The highest BCUT2D eigenvalue weighted by molar-refractivity contribution is 7.92. The zero-order chi connectivity index (χ0) is 25.2. The van der Waals surface area contributed by atoms with Crippen LogP contribution < -0.4 is 15.8 Å². The molecule has 3 aromatic rings. The van der Waals surface area contributed by atoms with Crippen molar-refractivity contribution in [2.45, 2.75) is 45.9 Å². The van der Waals surface area contributed by atoms with Crippen LogP contribution in [0.2, 0.25) is 0 Å². The maximum atomic E-state index is 13.3. The number of rotatable bonds is 7. The Labute approximate surface area is 201 Å². The molecule has 0 spiro atoms. The molecule has 8 heteroatoms. The Morgan fingerprint density at radius 2 is 1.47 bits per heavy atom. The summed E-state index contributed by atoms with van der Waals surface area (Å²) in [5, 5.41) is 10.3. The van der Waals surface area contributed by atoms with Gasteiger partial charge in [0.2, 0.25) is 5.91 Å². The second-order valence-electron chi connectivity index (χ2n) is 8.56. The van der Waals surface area contributed by atoms with E-state index in [4.69, 9.17) is 11.1 Å². The van der Waals surface area contributed by atoms with Crippen molar-refractivity contribution < 1.29 is 13.2 Å². The molecule has 0 atom stereocenters. The standard InChI is InChI=1S/C26H30N4O3S/c1-15-6-11-22(30-34(32,33)25-18(4)16(2)12-17(3)19(25)5)14-23(15)29-24(31)13-20-7-9-21(10-8-20)26(27)28/h6-12,14,30H,13H2,1-5H3,(H3,27,28)(H,29,31). The summed E-state index contributed by atoms with van der Waals surface area (Å²) in [6.07, 6.45) is 0.133. The Kier molecular flexibility index (Phi) is 7.12. The summed E-state index contributed by atoms with van der Waals surface area (Å²) in [6.45, 7) is 9.25. The van der Waals surface area contributed by atoms with E-state index in [1.54, 1.807) is 56.3 Å². The van der Waals surface area contributed by atoms with Crippen molar-refractivity contribution >= 4 is 33.1 Å². The third-order valence-corrected chi connectivity index (χ3v) is 7.61. The first-order valence-electron chi connectivity index (χ1n) is 10.8. The predicted molar refractivity (Wildman–Crippen MR) is 137 cm³/mol. The molecular formula is C26H30N4O3S. The number of sulfonamides is 1. The topological polar surface area (TPSA) is 125 Å². The lowest BCUT2D eigenvalue weighted by atomic mass is 10.0. The van der Waals surface area contributed by atoms with Crippen LogP contribution in [0.4, 0.5) is 11.4 Å². The van der Waals surface area contributed by atoms with Crippen molar-refractivity contribution in [1.29, 1.82) is 5.41 Å². The molecule has 1 amide bonds. The van der Waals surface area contributed by atoms with Crippen molar-refractivity contribution in [3.63, 3.8) is 0 Å². The van der Waals surface area contributed by atoms with Gasteiger partial charge in [-0.05, 0) is 80.1 Å². The normalized spacial score (nSPS) is 11.2. The molecule has 178 valence electrons. The van der Waals surface area contributed by atoms with Gasteiger partial charge in [0.25, 0.3) is 10.0 Å². The van der Waals surface area contributed by atoms with Gasteiger partial charge in [0.05, 0.1) is 17.0 Å². The average Bonchev–Trinajstić information content (AvgIpc) is 2.75. The summed E-state index contributed by atoms with van der Waals surface area (Å²) >= 11 is 0. The number of carbonyl (C=O) groups is 1. The van der Waals surface area contributed by atoms with Gasteiger partial charge in [0, 0.05) is 11.3 Å². The number of nitrogens with two attached hydrogens (primary N) is 1. The molecule has 0 unspecified atom stereocenters. The molecule has 0 fully saturated rings. The monoisotopic (exact) mass is 478 g/mol. The summed E-state index contributed by atoms with van der Waals surface area (Å²) in [4.78, 5) is 12.9. The van der Waals surface area contributed by atoms with E-state index in [0.29, 0.717) is 28.1 Å². The summed E-state index contributed by atoms with van der Waals surface area (Å²) in [6, 6.07) is 13.9. The van der Waals surface area contributed by atoms with E-state index in [1.807, 2.05) is 26.8 Å². The van der Waals surface area contributed by atoms with Crippen LogP contribution in [0, 0.1) is 40.0 Å². The Balaban J connectivity index is 1.81. The lowest BCUT2D eigenvalue weighted by Gasteiger charge is -2.17. The second kappa shape index (κ2) is 9.69. The van der Waals surface area contributed by atoms with Gasteiger partial charge in [0.1, 0.15) is 5.84 Å². The molecule has 5 N–H and O–H groups in total. The Hall–Kier alpha value is -3.65. The number of hydrogen-bond donors (Lipinski definition) is 4. The van der Waals surface area contributed by atoms with E-state index >= 15 is 0 Å². The average molecular weight is 479 g/mol. The molecule has 3 aromatic carbocycles. The third kappa shape index (κ3) is 5.46. The minimum Gasteiger partial charge on any atom is -0.384 e. The van der Waals surface area contributed by atoms with Crippen LogP contribution in [0.1, 0.15) is 38.9 Å². The maximum Gasteiger partial charge on any atom is 0.262 e. The largest absolute Gasteiger partial charge is 0.384 e. The van der Waals surface area contributed by atoms with Gasteiger partial charge in [-0.1, -0.05) is 36.4 Å². The molecule has 0 saturated carbocycles. The van der Waals surface area contributed by atoms with E-state index in [9.17, 15) is 13.2 Å². The van der Waals surface area contributed by atoms with Crippen molar-refractivity contribution in [3.05, 3.63) is 87.5 Å². The van der Waals surface area contributed by atoms with Crippen LogP contribution >= 0.6 is 0 Å². The first-order chi connectivity index (χ1) is 15.9. The molecule has 0 aliphatic rings. The van der Waals surface area contributed by atoms with Gasteiger partial charge in [-0.15, -0.1) is 0 Å². The number of hydrogen-bond acceptors (Lipinski definition) is 4. The third-order valence-electron chi connectivity index (χ3n) is 5.96. The van der Waals surface area contributed by atoms with Crippen molar-refractivity contribution in [3.8, 4) is 0 Å². The van der Waals surface area contributed by atoms with Crippen LogP contribution in [0.5, 0.6) is 0 Å².